The largest absolute Gasteiger partial charge is 0.647 e. The van der Waals surface area contributed by atoms with Gasteiger partial charge in [-0.1, -0.05) is 109 Å². The minimum atomic E-state index is -4.16. The monoisotopic (exact) mass is 610 g/mol. The standard InChI is InChI=1S/C38H27O6P/c39-27-41-30-23-19-28(20-24-30)38(36-17-9-7-15-34(36)35-16-8-10-18-37(35)38)29-21-25-33(26-22-29)44-45(40,42-31-11-3-1-4-12-31)43-32-13-5-2-6-14-32/h1-27H. The number of carbonyl (C=O) groups is 1. The Kier molecular flexibility index (Phi) is 7.42. The highest BCUT2D eigenvalue weighted by Crippen LogP contribution is 2.56. The van der Waals surface area contributed by atoms with Crippen molar-refractivity contribution in [3.05, 3.63) is 180 Å². The summed E-state index contributed by atoms with van der Waals surface area (Å²) in [5.41, 5.74) is 5.80. The molecule has 1 aliphatic rings. The number of hydrogen-bond acceptors (Lipinski definition) is 6. The Morgan fingerprint density at radius 3 is 1.27 bits per heavy atom. The number of phosphoric acid groups is 1. The first-order valence-electron chi connectivity index (χ1n) is 14.4. The first-order chi connectivity index (χ1) is 22.1. The Labute approximate surface area is 261 Å². The van der Waals surface area contributed by atoms with Crippen molar-refractivity contribution in [2.24, 2.45) is 0 Å². The number of hydrogen-bond donors (Lipinski definition) is 0. The van der Waals surface area contributed by atoms with Crippen molar-refractivity contribution in [1.82, 2.24) is 0 Å². The number of benzene rings is 6. The molecule has 0 atom stereocenters. The van der Waals surface area contributed by atoms with E-state index in [2.05, 4.69) is 24.3 Å². The Hall–Kier alpha value is -5.58. The van der Waals surface area contributed by atoms with Gasteiger partial charge in [0.2, 0.25) is 0 Å². The van der Waals surface area contributed by atoms with Gasteiger partial charge < -0.3 is 18.3 Å². The Morgan fingerprint density at radius 1 is 0.444 bits per heavy atom. The van der Waals surface area contributed by atoms with Crippen LogP contribution in [0.2, 0.25) is 0 Å². The van der Waals surface area contributed by atoms with E-state index >= 15 is 0 Å². The zero-order valence-corrected chi connectivity index (χ0v) is 24.9. The fraction of sp³-hybridized carbons (Fsp3) is 0.0263. The summed E-state index contributed by atoms with van der Waals surface area (Å²) in [6.45, 7) is 0.422. The molecule has 0 saturated carbocycles. The second kappa shape index (κ2) is 11.8. The van der Waals surface area contributed by atoms with Crippen LogP contribution < -0.4 is 18.3 Å². The van der Waals surface area contributed by atoms with Crippen molar-refractivity contribution in [1.29, 1.82) is 0 Å². The number of rotatable bonds is 10. The number of para-hydroxylation sites is 2. The zero-order chi connectivity index (χ0) is 30.7. The van der Waals surface area contributed by atoms with Gasteiger partial charge in [0.05, 0.1) is 5.41 Å². The van der Waals surface area contributed by atoms with Crippen molar-refractivity contribution in [2.75, 3.05) is 0 Å². The Bertz CT molecular complexity index is 1900. The van der Waals surface area contributed by atoms with Crippen molar-refractivity contribution < 1.29 is 27.7 Å². The summed E-state index contributed by atoms with van der Waals surface area (Å²) in [7, 11) is -4.16. The van der Waals surface area contributed by atoms with E-state index in [0.29, 0.717) is 29.5 Å². The molecule has 0 fully saturated rings. The van der Waals surface area contributed by atoms with Crippen molar-refractivity contribution >= 4 is 14.3 Å². The van der Waals surface area contributed by atoms with Crippen LogP contribution in [0, 0.1) is 0 Å². The Morgan fingerprint density at radius 2 is 0.822 bits per heavy atom. The molecule has 0 heterocycles. The Balaban J connectivity index is 1.32. The van der Waals surface area contributed by atoms with E-state index in [0.717, 1.165) is 33.4 Å². The lowest BCUT2D eigenvalue weighted by Gasteiger charge is -2.34. The molecule has 7 rings (SSSR count). The first kappa shape index (κ1) is 28.2. The zero-order valence-electron chi connectivity index (χ0n) is 24.0. The summed E-state index contributed by atoms with van der Waals surface area (Å²) >= 11 is 0. The molecule has 7 heteroatoms. The molecule has 0 radical (unpaired) electrons. The summed E-state index contributed by atoms with van der Waals surface area (Å²) in [5, 5.41) is 0. The smallest absolute Gasteiger partial charge is 0.429 e. The van der Waals surface area contributed by atoms with Crippen LogP contribution in [0.25, 0.3) is 11.1 Å². The van der Waals surface area contributed by atoms with E-state index in [1.807, 2.05) is 60.7 Å². The highest BCUT2D eigenvalue weighted by atomic mass is 31.2. The third kappa shape index (κ3) is 5.26. The summed E-state index contributed by atoms with van der Waals surface area (Å²) in [4.78, 5) is 11.0. The third-order valence-corrected chi connectivity index (χ3v) is 9.15. The van der Waals surface area contributed by atoms with E-state index in [1.165, 1.54) is 0 Å². The van der Waals surface area contributed by atoms with Gasteiger partial charge in [0.15, 0.2) is 0 Å². The minimum absolute atomic E-state index is 0.318. The number of phosphoric ester groups is 1. The highest BCUT2D eigenvalue weighted by molar-refractivity contribution is 7.49. The summed E-state index contributed by atoms with van der Waals surface area (Å²) < 4.78 is 36.8. The molecule has 45 heavy (non-hydrogen) atoms. The van der Waals surface area contributed by atoms with Crippen LogP contribution >= 0.6 is 7.82 Å². The van der Waals surface area contributed by atoms with Crippen LogP contribution in [0.3, 0.4) is 0 Å². The molecular formula is C38H27O6P. The van der Waals surface area contributed by atoms with Crippen LogP contribution in [-0.2, 0) is 14.8 Å². The van der Waals surface area contributed by atoms with Gasteiger partial charge in [0.25, 0.3) is 6.47 Å². The molecule has 0 aliphatic heterocycles. The summed E-state index contributed by atoms with van der Waals surface area (Å²) in [6.07, 6.45) is 0. The first-order valence-corrected chi connectivity index (χ1v) is 15.8. The third-order valence-electron chi connectivity index (χ3n) is 7.85. The molecule has 6 nitrogen and oxygen atoms in total. The predicted octanol–water partition coefficient (Wildman–Crippen LogP) is 9.23. The van der Waals surface area contributed by atoms with Crippen LogP contribution in [0.15, 0.2) is 158 Å². The van der Waals surface area contributed by atoms with E-state index < -0.39 is 13.2 Å². The van der Waals surface area contributed by atoms with E-state index in [1.54, 1.807) is 72.8 Å². The maximum absolute atomic E-state index is 14.1. The number of ether oxygens (including phenoxy) is 1. The quantitative estimate of drug-likeness (QED) is 0.114. The normalized spacial score (nSPS) is 12.8. The maximum atomic E-state index is 14.1. The van der Waals surface area contributed by atoms with Crippen LogP contribution in [-0.4, -0.2) is 6.47 Å². The molecule has 0 unspecified atom stereocenters. The lowest BCUT2D eigenvalue weighted by atomic mass is 9.68. The second-order valence-electron chi connectivity index (χ2n) is 10.5. The fourth-order valence-electron chi connectivity index (χ4n) is 6.03. The molecule has 0 bridgehead atoms. The predicted molar refractivity (Wildman–Crippen MR) is 173 cm³/mol. The van der Waals surface area contributed by atoms with Gasteiger partial charge in [-0.15, -0.1) is 0 Å². The second-order valence-corrected chi connectivity index (χ2v) is 11.9. The van der Waals surface area contributed by atoms with Gasteiger partial charge in [-0.2, -0.15) is 4.57 Å². The molecule has 6 aromatic carbocycles. The molecule has 0 N–H and O–H groups in total. The minimum Gasteiger partial charge on any atom is -0.429 e. The lowest BCUT2D eigenvalue weighted by Crippen LogP contribution is -2.28. The van der Waals surface area contributed by atoms with Gasteiger partial charge in [0.1, 0.15) is 23.0 Å². The topological polar surface area (TPSA) is 71.1 Å². The summed E-state index contributed by atoms with van der Waals surface area (Å²) in [5.74, 6) is 1.49. The molecule has 0 spiro atoms. The molecular weight excluding hydrogens is 583 g/mol. The summed E-state index contributed by atoms with van der Waals surface area (Å²) in [6, 6.07) is 49.4. The molecule has 6 aromatic rings. The van der Waals surface area contributed by atoms with Crippen molar-refractivity contribution in [2.45, 2.75) is 5.41 Å². The molecule has 0 aromatic heterocycles. The van der Waals surface area contributed by atoms with E-state index in [4.69, 9.17) is 18.3 Å². The highest BCUT2D eigenvalue weighted by Gasteiger charge is 2.46. The number of carbonyl (C=O) groups excluding carboxylic acids is 1. The van der Waals surface area contributed by atoms with Gasteiger partial charge >= 0.3 is 7.82 Å². The molecule has 1 aliphatic carbocycles. The van der Waals surface area contributed by atoms with Gasteiger partial charge in [-0.25, -0.2) is 0 Å². The van der Waals surface area contributed by atoms with Crippen LogP contribution in [0.1, 0.15) is 22.3 Å². The average molecular weight is 611 g/mol. The van der Waals surface area contributed by atoms with E-state index in [-0.39, 0.29) is 0 Å². The average Bonchev–Trinajstić information content (AvgIpc) is 3.38. The van der Waals surface area contributed by atoms with E-state index in [9.17, 15) is 9.36 Å². The van der Waals surface area contributed by atoms with Crippen molar-refractivity contribution in [3.63, 3.8) is 0 Å². The SMILES string of the molecule is O=COc1ccc(C2(c3ccc(OP(=O)(Oc4ccccc4)Oc4ccccc4)cc3)c3ccccc3-c3ccccc32)cc1. The molecule has 0 saturated heterocycles. The molecule has 220 valence electrons. The fourth-order valence-corrected chi connectivity index (χ4v) is 7.29. The van der Waals surface area contributed by atoms with Gasteiger partial charge in [0, 0.05) is 0 Å². The van der Waals surface area contributed by atoms with Crippen LogP contribution in [0.5, 0.6) is 23.0 Å². The van der Waals surface area contributed by atoms with Gasteiger partial charge in [-0.3, -0.25) is 4.79 Å². The van der Waals surface area contributed by atoms with Crippen molar-refractivity contribution in [3.8, 4) is 34.1 Å². The molecule has 0 amide bonds. The lowest BCUT2D eigenvalue weighted by molar-refractivity contribution is -0.120. The van der Waals surface area contributed by atoms with Gasteiger partial charge in [-0.05, 0) is 81.9 Å². The maximum Gasteiger partial charge on any atom is 0.647 e. The van der Waals surface area contributed by atoms with Crippen LogP contribution in [0.4, 0.5) is 0 Å². The number of fused-ring (bicyclic) bond motifs is 3.